The number of carboxylic acids is 1. The Bertz CT molecular complexity index is 389. The molecule has 2 unspecified atom stereocenters. The van der Waals surface area contributed by atoms with Gasteiger partial charge in [-0.25, -0.2) is 0 Å². The normalized spacial score (nSPS) is 20.1. The van der Waals surface area contributed by atoms with Crippen LogP contribution in [0.15, 0.2) is 0 Å². The average molecular weight is 330 g/mol. The Labute approximate surface area is 138 Å². The number of rotatable bonds is 9. The molecule has 1 amide bonds. The van der Waals surface area contributed by atoms with Gasteiger partial charge in [-0.15, -0.1) is 0 Å². The van der Waals surface area contributed by atoms with Crippen LogP contribution in [0.2, 0.25) is 0 Å². The van der Waals surface area contributed by atoms with E-state index in [2.05, 4.69) is 13.8 Å². The summed E-state index contributed by atoms with van der Waals surface area (Å²) in [4.78, 5) is 26.6. The summed E-state index contributed by atoms with van der Waals surface area (Å²) in [5.41, 5.74) is 0. The minimum Gasteiger partial charge on any atom is -0.480 e. The molecule has 0 bridgehead atoms. The molecule has 0 aromatic heterocycles. The Hall–Kier alpha value is -1.18. The number of hydrogen-bond acceptors (Lipinski definition) is 5. The van der Waals surface area contributed by atoms with E-state index in [0.717, 1.165) is 6.42 Å². The first-order chi connectivity index (χ1) is 10.8. The number of hydrogen-bond donors (Lipinski definition) is 1. The third-order valence-corrected chi connectivity index (χ3v) is 3.78. The van der Waals surface area contributed by atoms with Gasteiger partial charge in [0.15, 0.2) is 0 Å². The summed E-state index contributed by atoms with van der Waals surface area (Å²) in [6.45, 7) is 8.54. The van der Waals surface area contributed by atoms with Crippen LogP contribution in [-0.4, -0.2) is 85.4 Å². The van der Waals surface area contributed by atoms with Crippen molar-refractivity contribution in [3.05, 3.63) is 0 Å². The number of ether oxygens (including phenoxy) is 2. The summed E-state index contributed by atoms with van der Waals surface area (Å²) in [6, 6.07) is 0. The van der Waals surface area contributed by atoms with E-state index in [9.17, 15) is 9.59 Å². The summed E-state index contributed by atoms with van der Waals surface area (Å²) in [7, 11) is 1.73. The van der Waals surface area contributed by atoms with Crippen molar-refractivity contribution in [2.75, 3.05) is 46.4 Å². The van der Waals surface area contributed by atoms with Gasteiger partial charge in [0.25, 0.3) is 5.91 Å². The molecule has 0 aliphatic carbocycles. The molecule has 1 saturated heterocycles. The predicted molar refractivity (Wildman–Crippen MR) is 86.3 cm³/mol. The third-order valence-electron chi connectivity index (χ3n) is 3.78. The maximum absolute atomic E-state index is 12.4. The second kappa shape index (κ2) is 9.85. The van der Waals surface area contributed by atoms with E-state index in [4.69, 9.17) is 14.6 Å². The van der Waals surface area contributed by atoms with E-state index in [1.807, 2.05) is 0 Å². The molecule has 1 fully saturated rings. The summed E-state index contributed by atoms with van der Waals surface area (Å²) in [6.07, 6.45) is 0.313. The summed E-state index contributed by atoms with van der Waals surface area (Å²) in [5.74, 6) is -0.346. The standard InChI is InChI=1S/C16H30N2O5/c1-12(2)5-7-22-13(3)16(21)18-6-8-23-14(10-18)9-17(4)11-15(19)20/h12-14H,5-11H2,1-4H3,(H,19,20). The van der Waals surface area contributed by atoms with Gasteiger partial charge in [0.1, 0.15) is 6.10 Å². The lowest BCUT2D eigenvalue weighted by atomic mass is 10.1. The van der Waals surface area contributed by atoms with Gasteiger partial charge in [0.2, 0.25) is 0 Å². The Morgan fingerprint density at radius 3 is 2.70 bits per heavy atom. The number of amides is 1. The molecule has 134 valence electrons. The number of likely N-dealkylation sites (N-methyl/N-ethyl adjacent to an activating group) is 1. The molecule has 7 nitrogen and oxygen atoms in total. The highest BCUT2D eigenvalue weighted by Gasteiger charge is 2.28. The van der Waals surface area contributed by atoms with Crippen molar-refractivity contribution in [1.82, 2.24) is 9.80 Å². The van der Waals surface area contributed by atoms with Crippen LogP contribution in [0.5, 0.6) is 0 Å². The zero-order valence-corrected chi connectivity index (χ0v) is 14.7. The van der Waals surface area contributed by atoms with Crippen LogP contribution in [-0.2, 0) is 19.1 Å². The highest BCUT2D eigenvalue weighted by Crippen LogP contribution is 2.10. The van der Waals surface area contributed by atoms with Gasteiger partial charge in [-0.3, -0.25) is 14.5 Å². The molecule has 1 rings (SSSR count). The number of nitrogens with zero attached hydrogens (tertiary/aromatic N) is 2. The summed E-state index contributed by atoms with van der Waals surface area (Å²) in [5, 5.41) is 8.78. The number of aliphatic carboxylic acids is 1. The molecule has 0 aromatic rings. The largest absolute Gasteiger partial charge is 0.480 e. The molecule has 1 heterocycles. The van der Waals surface area contributed by atoms with Crippen molar-refractivity contribution in [3.63, 3.8) is 0 Å². The van der Waals surface area contributed by atoms with E-state index in [1.54, 1.807) is 23.8 Å². The molecule has 0 aromatic carbocycles. The monoisotopic (exact) mass is 330 g/mol. The predicted octanol–water partition coefficient (Wildman–Crippen LogP) is 0.681. The smallest absolute Gasteiger partial charge is 0.317 e. The van der Waals surface area contributed by atoms with Gasteiger partial charge in [-0.2, -0.15) is 0 Å². The first kappa shape index (κ1) is 19.9. The number of carbonyl (C=O) groups excluding carboxylic acids is 1. The van der Waals surface area contributed by atoms with Crippen LogP contribution in [0.4, 0.5) is 0 Å². The average Bonchev–Trinajstić information content (AvgIpc) is 2.45. The maximum atomic E-state index is 12.4. The lowest BCUT2D eigenvalue weighted by Gasteiger charge is -2.35. The molecule has 23 heavy (non-hydrogen) atoms. The minimum absolute atomic E-state index is 0.0251. The number of carboxylic acid groups (broad SMARTS) is 1. The van der Waals surface area contributed by atoms with Gasteiger partial charge in [0.05, 0.1) is 19.3 Å². The highest BCUT2D eigenvalue weighted by atomic mass is 16.5. The highest BCUT2D eigenvalue weighted by molar-refractivity contribution is 5.80. The van der Waals surface area contributed by atoms with E-state index >= 15 is 0 Å². The fourth-order valence-corrected chi connectivity index (χ4v) is 2.48. The van der Waals surface area contributed by atoms with Crippen molar-refractivity contribution in [2.45, 2.75) is 39.4 Å². The second-order valence-electron chi connectivity index (χ2n) is 6.56. The second-order valence-corrected chi connectivity index (χ2v) is 6.56. The molecular weight excluding hydrogens is 300 g/mol. The van der Waals surface area contributed by atoms with Crippen molar-refractivity contribution >= 4 is 11.9 Å². The zero-order valence-electron chi connectivity index (χ0n) is 14.7. The zero-order chi connectivity index (χ0) is 17.4. The molecule has 1 aliphatic heterocycles. The molecule has 7 heteroatoms. The van der Waals surface area contributed by atoms with E-state index in [0.29, 0.717) is 38.8 Å². The first-order valence-electron chi connectivity index (χ1n) is 8.22. The van der Waals surface area contributed by atoms with Crippen molar-refractivity contribution < 1.29 is 24.2 Å². The molecule has 0 saturated carbocycles. The van der Waals surface area contributed by atoms with Crippen molar-refractivity contribution in [3.8, 4) is 0 Å². The van der Waals surface area contributed by atoms with Gasteiger partial charge < -0.3 is 19.5 Å². The summed E-state index contributed by atoms with van der Waals surface area (Å²) < 4.78 is 11.3. The van der Waals surface area contributed by atoms with Crippen LogP contribution < -0.4 is 0 Å². The topological polar surface area (TPSA) is 79.3 Å². The Kier molecular flexibility index (Phi) is 8.51. The van der Waals surface area contributed by atoms with Gasteiger partial charge in [-0.05, 0) is 26.3 Å². The fourth-order valence-electron chi connectivity index (χ4n) is 2.48. The fraction of sp³-hybridized carbons (Fsp3) is 0.875. The molecular formula is C16H30N2O5. The SMILES string of the molecule is CC(C)CCOC(C)C(=O)N1CCOC(CN(C)CC(=O)O)C1. The summed E-state index contributed by atoms with van der Waals surface area (Å²) >= 11 is 0. The lowest BCUT2D eigenvalue weighted by Crippen LogP contribution is -2.52. The van der Waals surface area contributed by atoms with Crippen LogP contribution in [0.1, 0.15) is 27.2 Å². The Morgan fingerprint density at radius 1 is 1.39 bits per heavy atom. The van der Waals surface area contributed by atoms with Crippen LogP contribution in [0.3, 0.4) is 0 Å². The van der Waals surface area contributed by atoms with Crippen LogP contribution in [0.25, 0.3) is 0 Å². The molecule has 0 radical (unpaired) electrons. The molecule has 0 spiro atoms. The van der Waals surface area contributed by atoms with Crippen molar-refractivity contribution in [1.29, 1.82) is 0 Å². The number of carbonyl (C=O) groups is 2. The maximum Gasteiger partial charge on any atom is 0.317 e. The lowest BCUT2D eigenvalue weighted by molar-refractivity contribution is -0.151. The van der Waals surface area contributed by atoms with E-state index in [1.165, 1.54) is 0 Å². The molecule has 1 aliphatic rings. The Morgan fingerprint density at radius 2 is 2.09 bits per heavy atom. The third kappa shape index (κ3) is 7.76. The molecule has 2 atom stereocenters. The van der Waals surface area contributed by atoms with Gasteiger partial charge >= 0.3 is 5.97 Å². The first-order valence-corrected chi connectivity index (χ1v) is 8.22. The van der Waals surface area contributed by atoms with E-state index in [-0.39, 0.29) is 18.6 Å². The quantitative estimate of drug-likeness (QED) is 0.670. The van der Waals surface area contributed by atoms with Crippen LogP contribution >= 0.6 is 0 Å². The van der Waals surface area contributed by atoms with Gasteiger partial charge in [-0.1, -0.05) is 13.8 Å². The van der Waals surface area contributed by atoms with Crippen LogP contribution in [0, 0.1) is 5.92 Å². The van der Waals surface area contributed by atoms with Gasteiger partial charge in [0, 0.05) is 26.2 Å². The van der Waals surface area contributed by atoms with Crippen molar-refractivity contribution in [2.24, 2.45) is 5.92 Å². The minimum atomic E-state index is -0.872. The Balaban J connectivity index is 2.40. The number of morpholine rings is 1. The molecule has 1 N–H and O–H groups in total. The van der Waals surface area contributed by atoms with E-state index < -0.39 is 12.1 Å².